The lowest BCUT2D eigenvalue weighted by Crippen LogP contribution is -2.43. The second-order valence-electron chi connectivity index (χ2n) is 6.00. The molecule has 2 heterocycles. The summed E-state index contributed by atoms with van der Waals surface area (Å²) in [4.78, 5) is 25.9. The van der Waals surface area contributed by atoms with Crippen LogP contribution in [-0.2, 0) is 22.7 Å². The number of rotatable bonds is 3. The Morgan fingerprint density at radius 3 is 2.81 bits per heavy atom. The van der Waals surface area contributed by atoms with Gasteiger partial charge in [0.2, 0.25) is 5.91 Å². The first-order chi connectivity index (χ1) is 10.1. The Labute approximate surface area is 123 Å². The third-order valence-electron chi connectivity index (χ3n) is 4.82. The van der Waals surface area contributed by atoms with Gasteiger partial charge in [-0.2, -0.15) is 0 Å². The highest BCUT2D eigenvalue weighted by molar-refractivity contribution is 5.85. The standard InChI is InChI=1S/C14H20N4O3/c1-2-9-5-10(11(6-9)14(20)21)13(19)17-3-4-18-8-15-16-12(18)7-17/h8-11H,2-7H2,1H3,(H,20,21). The molecule has 3 unspecified atom stereocenters. The minimum Gasteiger partial charge on any atom is -0.481 e. The number of aromatic nitrogens is 3. The van der Waals surface area contributed by atoms with Crippen molar-refractivity contribution in [2.45, 2.75) is 39.3 Å². The van der Waals surface area contributed by atoms with Crippen LogP contribution in [0.25, 0.3) is 0 Å². The fraction of sp³-hybridized carbons (Fsp3) is 0.714. The predicted molar refractivity (Wildman–Crippen MR) is 73.1 cm³/mol. The van der Waals surface area contributed by atoms with Gasteiger partial charge in [-0.15, -0.1) is 10.2 Å². The second kappa shape index (κ2) is 5.46. The zero-order valence-corrected chi connectivity index (χ0v) is 12.1. The van der Waals surface area contributed by atoms with Crippen molar-refractivity contribution in [2.75, 3.05) is 6.54 Å². The van der Waals surface area contributed by atoms with Gasteiger partial charge in [0, 0.05) is 13.1 Å². The fourth-order valence-corrected chi connectivity index (χ4v) is 3.51. The van der Waals surface area contributed by atoms with E-state index in [2.05, 4.69) is 17.1 Å². The van der Waals surface area contributed by atoms with Gasteiger partial charge in [-0.05, 0) is 18.8 Å². The van der Waals surface area contributed by atoms with Gasteiger partial charge >= 0.3 is 5.97 Å². The molecule has 3 atom stereocenters. The summed E-state index contributed by atoms with van der Waals surface area (Å²) in [7, 11) is 0. The van der Waals surface area contributed by atoms with Crippen LogP contribution >= 0.6 is 0 Å². The van der Waals surface area contributed by atoms with Gasteiger partial charge in [0.1, 0.15) is 6.33 Å². The van der Waals surface area contributed by atoms with Gasteiger partial charge in [0.05, 0.1) is 18.4 Å². The van der Waals surface area contributed by atoms with Crippen molar-refractivity contribution >= 4 is 11.9 Å². The average Bonchev–Trinajstić information content (AvgIpc) is 3.11. The third-order valence-corrected chi connectivity index (χ3v) is 4.82. The van der Waals surface area contributed by atoms with E-state index in [1.807, 2.05) is 4.57 Å². The first-order valence-corrected chi connectivity index (χ1v) is 7.48. The van der Waals surface area contributed by atoms with Crippen molar-refractivity contribution in [3.8, 4) is 0 Å². The van der Waals surface area contributed by atoms with Crippen molar-refractivity contribution in [3.63, 3.8) is 0 Å². The lowest BCUT2D eigenvalue weighted by molar-refractivity contribution is -0.149. The van der Waals surface area contributed by atoms with Gasteiger partial charge in [-0.25, -0.2) is 0 Å². The second-order valence-corrected chi connectivity index (χ2v) is 6.00. The Hall–Kier alpha value is -1.92. The predicted octanol–water partition coefficient (Wildman–Crippen LogP) is 0.757. The molecule has 114 valence electrons. The van der Waals surface area contributed by atoms with E-state index in [0.29, 0.717) is 38.4 Å². The summed E-state index contributed by atoms with van der Waals surface area (Å²) in [6.45, 7) is 3.76. The van der Waals surface area contributed by atoms with Crippen LogP contribution in [0, 0.1) is 17.8 Å². The molecule has 1 aromatic heterocycles. The molecule has 0 bridgehead atoms. The SMILES string of the molecule is CCC1CC(C(=O)O)C(C(=O)N2CCn3cnnc3C2)C1. The molecule has 2 aliphatic rings. The lowest BCUT2D eigenvalue weighted by Gasteiger charge is -2.30. The van der Waals surface area contributed by atoms with Crippen molar-refractivity contribution in [1.82, 2.24) is 19.7 Å². The number of carboxylic acid groups (broad SMARTS) is 1. The number of carbonyl (C=O) groups is 2. The molecule has 21 heavy (non-hydrogen) atoms. The van der Waals surface area contributed by atoms with Crippen LogP contribution in [0.5, 0.6) is 0 Å². The van der Waals surface area contributed by atoms with Crippen molar-refractivity contribution < 1.29 is 14.7 Å². The lowest BCUT2D eigenvalue weighted by atomic mass is 9.94. The van der Waals surface area contributed by atoms with Crippen molar-refractivity contribution in [3.05, 3.63) is 12.2 Å². The summed E-state index contributed by atoms with van der Waals surface area (Å²) in [5, 5.41) is 17.2. The number of hydrogen-bond acceptors (Lipinski definition) is 4. The molecular formula is C14H20N4O3. The van der Waals surface area contributed by atoms with Crippen LogP contribution in [0.1, 0.15) is 32.0 Å². The number of nitrogens with zero attached hydrogens (tertiary/aromatic N) is 4. The molecule has 1 saturated carbocycles. The van der Waals surface area contributed by atoms with Crippen LogP contribution in [0.3, 0.4) is 0 Å². The first-order valence-electron chi connectivity index (χ1n) is 7.48. The topological polar surface area (TPSA) is 88.3 Å². The molecule has 0 radical (unpaired) electrons. The molecule has 1 aromatic rings. The molecule has 0 spiro atoms. The van der Waals surface area contributed by atoms with Gasteiger partial charge in [0.15, 0.2) is 5.82 Å². The monoisotopic (exact) mass is 292 g/mol. The van der Waals surface area contributed by atoms with E-state index in [4.69, 9.17) is 0 Å². The first kappa shape index (κ1) is 14.0. The summed E-state index contributed by atoms with van der Waals surface area (Å²) >= 11 is 0. The fourth-order valence-electron chi connectivity index (χ4n) is 3.51. The Kier molecular flexibility index (Phi) is 3.65. The number of carboxylic acids is 1. The van der Waals surface area contributed by atoms with Crippen molar-refractivity contribution in [2.24, 2.45) is 17.8 Å². The van der Waals surface area contributed by atoms with Gasteiger partial charge < -0.3 is 14.6 Å². The zero-order valence-electron chi connectivity index (χ0n) is 12.1. The summed E-state index contributed by atoms with van der Waals surface area (Å²) in [6.07, 6.45) is 3.91. The summed E-state index contributed by atoms with van der Waals surface area (Å²) in [5.41, 5.74) is 0. The minimum atomic E-state index is -0.843. The summed E-state index contributed by atoms with van der Waals surface area (Å²) in [5.74, 6) is -0.693. The molecular weight excluding hydrogens is 272 g/mol. The molecule has 7 nitrogen and oxygen atoms in total. The van der Waals surface area contributed by atoms with E-state index in [1.165, 1.54) is 0 Å². The van der Waals surface area contributed by atoms with Crippen LogP contribution in [0.15, 0.2) is 6.33 Å². The Bertz CT molecular complexity index is 556. The van der Waals surface area contributed by atoms with Crippen LogP contribution in [-0.4, -0.2) is 43.2 Å². The number of amides is 1. The smallest absolute Gasteiger partial charge is 0.307 e. The highest BCUT2D eigenvalue weighted by Gasteiger charge is 2.44. The number of aliphatic carboxylic acids is 1. The van der Waals surface area contributed by atoms with Crippen LogP contribution in [0.2, 0.25) is 0 Å². The maximum atomic E-state index is 12.7. The molecule has 7 heteroatoms. The Morgan fingerprint density at radius 1 is 1.33 bits per heavy atom. The molecule has 1 aliphatic heterocycles. The van der Waals surface area contributed by atoms with Gasteiger partial charge in [-0.1, -0.05) is 13.3 Å². The summed E-state index contributed by atoms with van der Waals surface area (Å²) < 4.78 is 1.93. The highest BCUT2D eigenvalue weighted by Crippen LogP contribution is 2.39. The number of fused-ring (bicyclic) bond motifs is 1. The maximum Gasteiger partial charge on any atom is 0.307 e. The van der Waals surface area contributed by atoms with E-state index in [-0.39, 0.29) is 11.8 Å². The van der Waals surface area contributed by atoms with Gasteiger partial charge in [-0.3, -0.25) is 9.59 Å². The average molecular weight is 292 g/mol. The number of carbonyl (C=O) groups excluding carboxylic acids is 1. The largest absolute Gasteiger partial charge is 0.481 e. The maximum absolute atomic E-state index is 12.7. The number of hydrogen-bond donors (Lipinski definition) is 1. The van der Waals surface area contributed by atoms with Crippen molar-refractivity contribution in [1.29, 1.82) is 0 Å². The van der Waals surface area contributed by atoms with E-state index >= 15 is 0 Å². The van der Waals surface area contributed by atoms with E-state index in [0.717, 1.165) is 12.2 Å². The molecule has 1 N–H and O–H groups in total. The molecule has 3 rings (SSSR count). The molecule has 1 fully saturated rings. The van der Waals surface area contributed by atoms with Crippen LogP contribution < -0.4 is 0 Å². The van der Waals surface area contributed by atoms with E-state index in [1.54, 1.807) is 11.2 Å². The molecule has 0 aromatic carbocycles. The quantitative estimate of drug-likeness (QED) is 0.888. The Balaban J connectivity index is 1.74. The van der Waals surface area contributed by atoms with Crippen LogP contribution in [0.4, 0.5) is 0 Å². The summed E-state index contributed by atoms with van der Waals surface area (Å²) in [6, 6.07) is 0. The molecule has 1 amide bonds. The van der Waals surface area contributed by atoms with E-state index in [9.17, 15) is 14.7 Å². The molecule has 1 aliphatic carbocycles. The molecule has 0 saturated heterocycles. The highest BCUT2D eigenvalue weighted by atomic mass is 16.4. The zero-order chi connectivity index (χ0) is 15.0. The normalized spacial score (nSPS) is 28.4. The third kappa shape index (κ3) is 2.52. The Morgan fingerprint density at radius 2 is 2.10 bits per heavy atom. The minimum absolute atomic E-state index is 0.0346. The van der Waals surface area contributed by atoms with E-state index < -0.39 is 11.9 Å². The van der Waals surface area contributed by atoms with Gasteiger partial charge in [0.25, 0.3) is 0 Å².